The minimum atomic E-state index is -2.10. The molecule has 0 amide bonds. The average Bonchev–Trinajstić information content (AvgIpc) is 3.24. The normalized spacial score (nSPS) is 19.3. The second-order valence-corrected chi connectivity index (χ2v) is 12.7. The second-order valence-electron chi connectivity index (χ2n) is 12.7. The van der Waals surface area contributed by atoms with Gasteiger partial charge in [-0.15, -0.1) is 0 Å². The molecule has 0 aromatic heterocycles. The predicted molar refractivity (Wildman–Crippen MR) is 211 cm³/mol. The maximum atomic E-state index is 8.52. The van der Waals surface area contributed by atoms with Gasteiger partial charge < -0.3 is 9.80 Å². The lowest BCUT2D eigenvalue weighted by Gasteiger charge is -2.30. The van der Waals surface area contributed by atoms with E-state index in [1.54, 1.807) is 24.3 Å². The van der Waals surface area contributed by atoms with E-state index in [4.69, 9.17) is 11.0 Å². The Labute approximate surface area is 304 Å². The smallest absolute Gasteiger partial charge is 0.0540 e. The quantitative estimate of drug-likeness (QED) is 0.170. The Hall–Kier alpha value is -6.12. The first-order valence-electron chi connectivity index (χ1n) is 20.9. The van der Waals surface area contributed by atoms with Crippen molar-refractivity contribution in [2.24, 2.45) is 0 Å². The predicted octanol–water partition coefficient (Wildman–Crippen LogP) is 12.8. The molecule has 0 fully saturated rings. The van der Waals surface area contributed by atoms with Crippen LogP contribution in [0, 0.1) is 0 Å². The Morgan fingerprint density at radius 1 is 0.340 bits per heavy atom. The van der Waals surface area contributed by atoms with Gasteiger partial charge in [0.15, 0.2) is 0 Å². The number of hydrogen-bond acceptors (Lipinski definition) is 2. The Bertz CT molecular complexity index is 2710. The van der Waals surface area contributed by atoms with Crippen molar-refractivity contribution in [3.8, 4) is 11.1 Å². The third-order valence-electron chi connectivity index (χ3n) is 9.79. The first-order valence-corrected chi connectivity index (χ1v) is 16.9. The molecule has 10 rings (SSSR count). The molecular weight excluding hydrogens is 605 g/mol. The van der Waals surface area contributed by atoms with Gasteiger partial charge in [0.05, 0.1) is 11.4 Å². The first kappa shape index (κ1) is 21.8. The summed E-state index contributed by atoms with van der Waals surface area (Å²) in [5, 5.41) is 4.20. The van der Waals surface area contributed by atoms with Crippen LogP contribution in [0.15, 0.2) is 170 Å². The topological polar surface area (TPSA) is 6.48 Å². The molecule has 238 valence electrons. The lowest BCUT2D eigenvalue weighted by atomic mass is 9.88. The van der Waals surface area contributed by atoms with Crippen molar-refractivity contribution in [3.05, 3.63) is 192 Å². The Balaban J connectivity index is 1.04. The number of fused-ring (bicyclic) bond motifs is 4. The van der Waals surface area contributed by atoms with Gasteiger partial charge in [-0.25, -0.2) is 0 Å². The van der Waals surface area contributed by atoms with Gasteiger partial charge in [0.1, 0.15) is 0 Å². The van der Waals surface area contributed by atoms with Crippen molar-refractivity contribution in [2.75, 3.05) is 9.80 Å². The van der Waals surface area contributed by atoms with Crippen LogP contribution in [0.4, 0.5) is 34.1 Å². The number of nitrogens with zero attached hydrogens (tertiary/aromatic N) is 2. The van der Waals surface area contributed by atoms with Gasteiger partial charge in [0.2, 0.25) is 0 Å². The molecule has 0 saturated carbocycles. The average molecular weight is 649 g/mol. The van der Waals surface area contributed by atoms with Gasteiger partial charge in [-0.05, 0) is 130 Å². The molecule has 2 nitrogen and oxygen atoms in total. The minimum Gasteiger partial charge on any atom is -0.310 e. The SMILES string of the molecule is [2H]C1([2H])c2ccc(N(c3ccc(-c4ccc(N(c5ccc6c(c5)C([2H])([2H])C6([2H])[2H])c5cccc6ccccc56)cc4)cc3)c3cccc4ccccc34)cc2C1([2H])[2H]. The fourth-order valence-corrected chi connectivity index (χ4v) is 7.18. The highest BCUT2D eigenvalue weighted by Crippen LogP contribution is 2.43. The van der Waals surface area contributed by atoms with Gasteiger partial charge >= 0.3 is 0 Å². The van der Waals surface area contributed by atoms with Gasteiger partial charge in [0.25, 0.3) is 0 Å². The van der Waals surface area contributed by atoms with Crippen molar-refractivity contribution in [1.29, 1.82) is 0 Å². The molecule has 0 unspecified atom stereocenters. The number of anilines is 6. The maximum Gasteiger partial charge on any atom is 0.0540 e. The summed E-state index contributed by atoms with van der Waals surface area (Å²) in [4.78, 5) is 4.20. The van der Waals surface area contributed by atoms with E-state index in [2.05, 4.69) is 94.7 Å². The van der Waals surface area contributed by atoms with E-state index < -0.39 is 25.5 Å². The van der Waals surface area contributed by atoms with Crippen molar-refractivity contribution in [2.45, 2.75) is 25.5 Å². The van der Waals surface area contributed by atoms with Crippen LogP contribution >= 0.6 is 0 Å². The minimum absolute atomic E-state index is 0.360. The Kier molecular flexibility index (Phi) is 5.13. The highest BCUT2D eigenvalue weighted by molar-refractivity contribution is 6.00. The van der Waals surface area contributed by atoms with Crippen molar-refractivity contribution in [1.82, 2.24) is 0 Å². The second kappa shape index (κ2) is 11.8. The molecular formula is C48H36N2. The lowest BCUT2D eigenvalue weighted by Crippen LogP contribution is -2.14. The van der Waals surface area contributed by atoms with E-state index in [-0.39, 0.29) is 0 Å². The summed E-state index contributed by atoms with van der Waals surface area (Å²) in [6, 6.07) is 55.7. The molecule has 50 heavy (non-hydrogen) atoms. The molecule has 0 heterocycles. The number of hydrogen-bond donors (Lipinski definition) is 0. The molecule has 2 aliphatic rings. The van der Waals surface area contributed by atoms with Gasteiger partial charge in [-0.2, -0.15) is 0 Å². The van der Waals surface area contributed by atoms with Crippen molar-refractivity contribution in [3.63, 3.8) is 0 Å². The zero-order valence-electron chi connectivity index (χ0n) is 35.1. The molecule has 0 atom stereocenters. The van der Waals surface area contributed by atoms with E-state index in [1.165, 1.54) is 0 Å². The summed E-state index contributed by atoms with van der Waals surface area (Å²) in [6.45, 7) is 0. The molecule has 0 radical (unpaired) electrons. The Morgan fingerprint density at radius 2 is 0.720 bits per heavy atom. The van der Waals surface area contributed by atoms with Crippen LogP contribution in [0.2, 0.25) is 0 Å². The fourth-order valence-electron chi connectivity index (χ4n) is 7.18. The van der Waals surface area contributed by atoms with Crippen molar-refractivity contribution >= 4 is 55.7 Å². The molecule has 2 aliphatic carbocycles. The van der Waals surface area contributed by atoms with Crippen molar-refractivity contribution < 1.29 is 11.0 Å². The van der Waals surface area contributed by atoms with E-state index in [0.717, 1.165) is 66.8 Å². The standard InChI is InChI=1S/C48H36N2/c1-3-11-45-37(7-1)9-5-13-47(45)49(43-29-23-35-15-17-39(35)31-43)41-25-19-33(20-26-41)34-21-27-42(28-22-34)50(44-30-24-36-16-18-40(36)32-44)48-14-6-10-38-8-2-4-12-46(38)48/h1-14,19-32H,15-18H2/i15D2,16D2,17D2,18D2. The summed E-state index contributed by atoms with van der Waals surface area (Å²) < 4.78 is 67.4. The summed E-state index contributed by atoms with van der Waals surface area (Å²) in [5.41, 5.74) is 8.50. The highest BCUT2D eigenvalue weighted by Gasteiger charge is 2.21. The summed E-state index contributed by atoms with van der Waals surface area (Å²) >= 11 is 0. The van der Waals surface area contributed by atoms with E-state index in [0.29, 0.717) is 22.3 Å². The zero-order chi connectivity index (χ0) is 40.2. The molecule has 2 heteroatoms. The van der Waals surface area contributed by atoms with E-state index in [1.807, 2.05) is 60.7 Å². The summed E-state index contributed by atoms with van der Waals surface area (Å²) in [6.07, 6.45) is -8.31. The van der Waals surface area contributed by atoms with Crippen LogP contribution in [0.5, 0.6) is 0 Å². The fraction of sp³-hybridized carbons (Fsp3) is 0.0833. The van der Waals surface area contributed by atoms with Crippen LogP contribution in [-0.4, -0.2) is 0 Å². The van der Waals surface area contributed by atoms with Gasteiger partial charge in [0, 0.05) is 44.5 Å². The first-order chi connectivity index (χ1) is 27.8. The molecule has 8 aromatic rings. The molecule has 0 bridgehead atoms. The zero-order valence-corrected chi connectivity index (χ0v) is 27.1. The number of rotatable bonds is 7. The molecule has 0 saturated heterocycles. The van der Waals surface area contributed by atoms with Crippen LogP contribution in [-0.2, 0) is 25.5 Å². The van der Waals surface area contributed by atoms with E-state index in [9.17, 15) is 0 Å². The van der Waals surface area contributed by atoms with Gasteiger partial charge in [-0.3, -0.25) is 0 Å². The molecule has 0 N–H and O–H groups in total. The summed E-state index contributed by atoms with van der Waals surface area (Å²) in [5.74, 6) is 0. The molecule has 0 spiro atoms. The highest BCUT2D eigenvalue weighted by atomic mass is 15.1. The van der Waals surface area contributed by atoms with Crippen LogP contribution < -0.4 is 9.80 Å². The number of aryl methyl sites for hydroxylation is 4. The largest absolute Gasteiger partial charge is 0.310 e. The molecule has 0 aliphatic heterocycles. The van der Waals surface area contributed by atoms with Crippen LogP contribution in [0.1, 0.15) is 33.2 Å². The third-order valence-corrected chi connectivity index (χ3v) is 9.79. The summed E-state index contributed by atoms with van der Waals surface area (Å²) in [7, 11) is 0. The van der Waals surface area contributed by atoms with Crippen LogP contribution in [0.25, 0.3) is 32.7 Å². The molecule has 8 aromatic carbocycles. The monoisotopic (exact) mass is 648 g/mol. The van der Waals surface area contributed by atoms with E-state index >= 15 is 0 Å². The lowest BCUT2D eigenvalue weighted by molar-refractivity contribution is 0.839. The third kappa shape index (κ3) is 4.87. The number of benzene rings is 8. The van der Waals surface area contributed by atoms with Crippen LogP contribution in [0.3, 0.4) is 0 Å². The van der Waals surface area contributed by atoms with Gasteiger partial charge in [-0.1, -0.05) is 109 Å². The Morgan fingerprint density at radius 3 is 1.18 bits per heavy atom. The maximum absolute atomic E-state index is 8.52.